The van der Waals surface area contributed by atoms with Crippen LogP contribution >= 0.6 is 11.6 Å². The molecular weight excluding hydrogens is 257 g/mol. The Morgan fingerprint density at radius 3 is 2.89 bits per heavy atom. The van der Waals surface area contributed by atoms with Gasteiger partial charge in [0.25, 0.3) is 0 Å². The average molecular weight is 274 g/mol. The first-order chi connectivity index (χ1) is 8.75. The predicted octanol–water partition coefficient (Wildman–Crippen LogP) is 2.63. The average Bonchev–Trinajstić information content (AvgIpc) is 2.40. The molecule has 3 nitrogen and oxygen atoms in total. The highest BCUT2D eigenvalue weighted by molar-refractivity contribution is 6.30. The second-order valence-corrected chi connectivity index (χ2v) is 4.67. The highest BCUT2D eigenvalue weighted by Gasteiger charge is 2.12. The van der Waals surface area contributed by atoms with Crippen LogP contribution in [-0.4, -0.2) is 32.4 Å². The van der Waals surface area contributed by atoms with Crippen LogP contribution in [0.1, 0.15) is 12.8 Å². The third kappa shape index (κ3) is 4.12. The number of ether oxygens (including phenoxy) is 2. The topological polar surface area (TPSA) is 30.5 Å². The molecule has 1 saturated heterocycles. The largest absolute Gasteiger partial charge is 0.492 e. The summed E-state index contributed by atoms with van der Waals surface area (Å²) in [5.41, 5.74) is 0. The monoisotopic (exact) mass is 273 g/mol. The molecule has 1 fully saturated rings. The van der Waals surface area contributed by atoms with E-state index in [1.54, 1.807) is 6.07 Å². The van der Waals surface area contributed by atoms with Gasteiger partial charge in [-0.3, -0.25) is 0 Å². The molecule has 1 aromatic carbocycles. The molecule has 18 heavy (non-hydrogen) atoms. The van der Waals surface area contributed by atoms with Crippen molar-refractivity contribution in [3.8, 4) is 5.75 Å². The molecule has 1 aliphatic heterocycles. The minimum atomic E-state index is -0.427. The second-order valence-electron chi connectivity index (χ2n) is 4.27. The van der Waals surface area contributed by atoms with E-state index < -0.39 is 5.82 Å². The van der Waals surface area contributed by atoms with Crippen molar-refractivity contribution in [2.24, 2.45) is 0 Å². The summed E-state index contributed by atoms with van der Waals surface area (Å²) < 4.78 is 23.7. The molecule has 0 bridgehead atoms. The summed E-state index contributed by atoms with van der Waals surface area (Å²) >= 11 is 5.66. The summed E-state index contributed by atoms with van der Waals surface area (Å²) in [6.45, 7) is 2.96. The highest BCUT2D eigenvalue weighted by Crippen LogP contribution is 2.20. The lowest BCUT2D eigenvalue weighted by molar-refractivity contribution is 0.0770. The molecule has 0 saturated carbocycles. The van der Waals surface area contributed by atoms with Crippen molar-refractivity contribution in [2.45, 2.75) is 18.9 Å². The normalized spacial score (nSPS) is 16.8. The van der Waals surface area contributed by atoms with Crippen LogP contribution < -0.4 is 10.1 Å². The maximum atomic E-state index is 12.9. The van der Waals surface area contributed by atoms with Gasteiger partial charge >= 0.3 is 0 Å². The number of nitrogens with one attached hydrogen (secondary N) is 1. The van der Waals surface area contributed by atoms with Gasteiger partial charge in [0, 0.05) is 31.9 Å². The molecule has 1 aromatic rings. The van der Waals surface area contributed by atoms with E-state index in [1.165, 1.54) is 12.1 Å². The number of benzene rings is 1. The Morgan fingerprint density at radius 2 is 2.17 bits per heavy atom. The highest BCUT2D eigenvalue weighted by atomic mass is 35.5. The third-order valence-corrected chi connectivity index (χ3v) is 3.21. The first-order valence-corrected chi connectivity index (χ1v) is 6.52. The van der Waals surface area contributed by atoms with Crippen LogP contribution in [-0.2, 0) is 4.74 Å². The van der Waals surface area contributed by atoms with Crippen molar-refractivity contribution in [3.05, 3.63) is 29.0 Å². The Labute approximate surface area is 111 Å². The van der Waals surface area contributed by atoms with Gasteiger partial charge in [-0.2, -0.15) is 0 Å². The third-order valence-electron chi connectivity index (χ3n) is 2.92. The Hall–Kier alpha value is -0.840. The lowest BCUT2D eigenvalue weighted by atomic mass is 10.1. The van der Waals surface area contributed by atoms with Gasteiger partial charge in [0.2, 0.25) is 0 Å². The second kappa shape index (κ2) is 6.92. The van der Waals surface area contributed by atoms with E-state index in [2.05, 4.69) is 5.32 Å². The molecule has 0 aliphatic carbocycles. The van der Waals surface area contributed by atoms with E-state index in [4.69, 9.17) is 21.1 Å². The van der Waals surface area contributed by atoms with Crippen molar-refractivity contribution in [2.75, 3.05) is 26.4 Å². The van der Waals surface area contributed by atoms with Gasteiger partial charge in [-0.25, -0.2) is 4.39 Å². The van der Waals surface area contributed by atoms with Crippen LogP contribution in [0.2, 0.25) is 5.02 Å². The van der Waals surface area contributed by atoms with Crippen molar-refractivity contribution >= 4 is 11.6 Å². The zero-order valence-electron chi connectivity index (χ0n) is 10.1. The van der Waals surface area contributed by atoms with Crippen LogP contribution in [0, 0.1) is 5.82 Å². The minimum absolute atomic E-state index is 0.0879. The zero-order chi connectivity index (χ0) is 12.8. The Balaban J connectivity index is 1.66. The fourth-order valence-corrected chi connectivity index (χ4v) is 2.07. The van der Waals surface area contributed by atoms with Crippen molar-refractivity contribution in [1.82, 2.24) is 5.32 Å². The minimum Gasteiger partial charge on any atom is -0.492 e. The maximum absolute atomic E-state index is 12.9. The molecule has 0 spiro atoms. The Morgan fingerprint density at radius 1 is 1.39 bits per heavy atom. The molecule has 2 rings (SSSR count). The fraction of sp³-hybridized carbons (Fsp3) is 0.538. The van der Waals surface area contributed by atoms with E-state index >= 15 is 0 Å². The van der Waals surface area contributed by atoms with Gasteiger partial charge in [0.1, 0.15) is 18.2 Å². The molecular formula is C13H17ClFNO2. The summed E-state index contributed by atoms with van der Waals surface area (Å²) in [7, 11) is 0. The molecule has 0 unspecified atom stereocenters. The summed E-state index contributed by atoms with van der Waals surface area (Å²) in [4.78, 5) is 0. The lowest BCUT2D eigenvalue weighted by Gasteiger charge is -2.23. The number of hydrogen-bond donors (Lipinski definition) is 1. The van der Waals surface area contributed by atoms with Gasteiger partial charge in [-0.15, -0.1) is 0 Å². The molecule has 0 atom stereocenters. The van der Waals surface area contributed by atoms with Crippen LogP contribution in [0.15, 0.2) is 18.2 Å². The molecule has 0 aromatic heterocycles. The van der Waals surface area contributed by atoms with E-state index in [1.807, 2.05) is 0 Å². The quantitative estimate of drug-likeness (QED) is 0.837. The first kappa shape index (κ1) is 13.6. The van der Waals surface area contributed by atoms with Crippen LogP contribution in [0.4, 0.5) is 4.39 Å². The zero-order valence-corrected chi connectivity index (χ0v) is 10.9. The predicted molar refractivity (Wildman–Crippen MR) is 68.7 cm³/mol. The van der Waals surface area contributed by atoms with E-state index in [-0.39, 0.29) is 5.02 Å². The van der Waals surface area contributed by atoms with Gasteiger partial charge < -0.3 is 14.8 Å². The van der Waals surface area contributed by atoms with Crippen LogP contribution in [0.5, 0.6) is 5.75 Å². The molecule has 1 heterocycles. The van der Waals surface area contributed by atoms with Crippen molar-refractivity contribution in [3.63, 3.8) is 0 Å². The molecule has 0 amide bonds. The van der Waals surface area contributed by atoms with Crippen molar-refractivity contribution < 1.29 is 13.9 Å². The van der Waals surface area contributed by atoms with Gasteiger partial charge in [0.05, 0.1) is 5.02 Å². The standard InChI is InChI=1S/C13H17ClFNO2/c14-12-9-11(1-2-13(12)15)18-8-5-16-10-3-6-17-7-4-10/h1-2,9-10,16H,3-8H2. The number of halogens is 2. The van der Waals surface area contributed by atoms with E-state index in [0.29, 0.717) is 18.4 Å². The number of rotatable bonds is 5. The van der Waals surface area contributed by atoms with E-state index in [9.17, 15) is 4.39 Å². The fourth-order valence-electron chi connectivity index (χ4n) is 1.90. The first-order valence-electron chi connectivity index (χ1n) is 6.14. The summed E-state index contributed by atoms with van der Waals surface area (Å²) in [6.07, 6.45) is 2.09. The Bertz CT molecular complexity index is 383. The van der Waals surface area contributed by atoms with Crippen LogP contribution in [0.3, 0.4) is 0 Å². The van der Waals surface area contributed by atoms with E-state index in [0.717, 1.165) is 32.6 Å². The Kier molecular flexibility index (Phi) is 5.23. The lowest BCUT2D eigenvalue weighted by Crippen LogP contribution is -2.37. The summed E-state index contributed by atoms with van der Waals surface area (Å²) in [5, 5.41) is 3.49. The molecule has 0 radical (unpaired) electrons. The smallest absolute Gasteiger partial charge is 0.142 e. The summed E-state index contributed by atoms with van der Waals surface area (Å²) in [6, 6.07) is 4.89. The molecule has 100 valence electrons. The molecule has 1 N–H and O–H groups in total. The number of hydrogen-bond acceptors (Lipinski definition) is 3. The maximum Gasteiger partial charge on any atom is 0.142 e. The van der Waals surface area contributed by atoms with Crippen LogP contribution in [0.25, 0.3) is 0 Å². The van der Waals surface area contributed by atoms with Gasteiger partial charge in [-0.1, -0.05) is 11.6 Å². The van der Waals surface area contributed by atoms with Crippen molar-refractivity contribution in [1.29, 1.82) is 0 Å². The molecule has 1 aliphatic rings. The molecule has 5 heteroatoms. The van der Waals surface area contributed by atoms with Gasteiger partial charge in [0.15, 0.2) is 0 Å². The SMILES string of the molecule is Fc1ccc(OCCNC2CCOCC2)cc1Cl. The summed E-state index contributed by atoms with van der Waals surface area (Å²) in [5.74, 6) is 0.166. The van der Waals surface area contributed by atoms with Gasteiger partial charge in [-0.05, 0) is 25.0 Å².